The van der Waals surface area contributed by atoms with E-state index in [1.165, 1.54) is 16.8 Å². The van der Waals surface area contributed by atoms with E-state index in [9.17, 15) is 13.2 Å². The van der Waals surface area contributed by atoms with Gasteiger partial charge in [0.05, 0.1) is 19.6 Å². The minimum absolute atomic E-state index is 0.0603. The van der Waals surface area contributed by atoms with Crippen LogP contribution >= 0.6 is 0 Å². The molecule has 0 unspecified atom stereocenters. The number of methoxy groups -OCH3 is 1. The Kier molecular flexibility index (Phi) is 5.97. The Balaban J connectivity index is 1.54. The van der Waals surface area contributed by atoms with Gasteiger partial charge in [-0.2, -0.15) is 4.31 Å². The van der Waals surface area contributed by atoms with Gasteiger partial charge < -0.3 is 19.4 Å². The van der Waals surface area contributed by atoms with Gasteiger partial charge in [-0.15, -0.1) is 0 Å². The second kappa shape index (κ2) is 8.40. The fourth-order valence-corrected chi connectivity index (χ4v) is 4.18. The van der Waals surface area contributed by atoms with Gasteiger partial charge in [0.25, 0.3) is 15.9 Å². The van der Waals surface area contributed by atoms with E-state index in [1.807, 2.05) is 0 Å². The van der Waals surface area contributed by atoms with E-state index >= 15 is 0 Å². The smallest absolute Gasteiger partial charge is 0.260 e. The fourth-order valence-electron chi connectivity index (χ4n) is 2.82. The molecule has 2 aromatic rings. The highest BCUT2D eigenvalue weighted by Gasteiger charge is 2.29. The topological polar surface area (TPSA) is 105 Å². The van der Waals surface area contributed by atoms with Gasteiger partial charge in [0, 0.05) is 26.2 Å². The van der Waals surface area contributed by atoms with Crippen molar-refractivity contribution >= 4 is 15.9 Å². The Morgan fingerprint density at radius 2 is 1.89 bits per heavy atom. The third kappa shape index (κ3) is 4.58. The Labute approximate surface area is 158 Å². The number of H-pyrrole nitrogens is 1. The number of carbonyl (C=O) groups excluding carboxylic acids is 1. The molecule has 1 fully saturated rings. The van der Waals surface area contributed by atoms with Crippen LogP contribution in [0.4, 0.5) is 0 Å². The number of amides is 1. The molecule has 1 saturated heterocycles. The molecule has 9 nitrogen and oxygen atoms in total. The van der Waals surface area contributed by atoms with E-state index in [4.69, 9.17) is 9.47 Å². The summed E-state index contributed by atoms with van der Waals surface area (Å²) in [4.78, 5) is 20.4. The van der Waals surface area contributed by atoms with Crippen molar-refractivity contribution in [1.82, 2.24) is 19.2 Å². The quantitative estimate of drug-likeness (QED) is 0.774. The van der Waals surface area contributed by atoms with Crippen LogP contribution in [0.5, 0.6) is 11.5 Å². The van der Waals surface area contributed by atoms with Crippen LogP contribution < -0.4 is 9.47 Å². The number of nitrogens with one attached hydrogen (secondary N) is 1. The maximum Gasteiger partial charge on any atom is 0.260 e. The third-order valence-electron chi connectivity index (χ3n) is 4.32. The number of aromatic nitrogens is 2. The lowest BCUT2D eigenvalue weighted by molar-refractivity contribution is -0.133. The highest BCUT2D eigenvalue weighted by Crippen LogP contribution is 2.18. The Bertz CT molecular complexity index is 852. The zero-order chi connectivity index (χ0) is 19.3. The monoisotopic (exact) mass is 394 g/mol. The normalized spacial score (nSPS) is 16.0. The molecule has 0 saturated carbocycles. The Hall–Kier alpha value is -2.59. The van der Waals surface area contributed by atoms with Crippen LogP contribution in [-0.4, -0.2) is 73.4 Å². The molecule has 0 atom stereocenters. The SMILES string of the molecule is COc1ccc(OCC(=O)N2CCCN(S(=O)(=O)c3cnc[nH]3)CC2)cc1. The molecule has 1 N–H and O–H groups in total. The fraction of sp³-hybridized carbons (Fsp3) is 0.412. The summed E-state index contributed by atoms with van der Waals surface area (Å²) in [5, 5.41) is 0.0603. The standard InChI is InChI=1S/C17H22N4O5S/c1-25-14-3-5-15(6-4-14)26-12-17(22)20-7-2-8-21(10-9-20)27(23,24)16-11-18-13-19-16/h3-6,11,13H,2,7-10,12H2,1H3,(H,18,19). The van der Waals surface area contributed by atoms with Gasteiger partial charge >= 0.3 is 0 Å². The van der Waals surface area contributed by atoms with E-state index in [0.717, 1.165) is 0 Å². The van der Waals surface area contributed by atoms with Crippen LogP contribution in [-0.2, 0) is 14.8 Å². The lowest BCUT2D eigenvalue weighted by Crippen LogP contribution is -2.39. The second-order valence-corrected chi connectivity index (χ2v) is 7.92. The summed E-state index contributed by atoms with van der Waals surface area (Å²) in [5.74, 6) is 1.11. The molecular formula is C17H22N4O5S. The molecule has 3 rings (SSSR count). The molecule has 0 aliphatic carbocycles. The number of benzene rings is 1. The number of sulfonamides is 1. The average Bonchev–Trinajstić information content (AvgIpc) is 3.11. The van der Waals surface area contributed by atoms with Crippen molar-refractivity contribution in [3.63, 3.8) is 0 Å². The summed E-state index contributed by atoms with van der Waals surface area (Å²) in [5.41, 5.74) is 0. The Morgan fingerprint density at radius 3 is 2.56 bits per heavy atom. The predicted molar refractivity (Wildman–Crippen MR) is 97.0 cm³/mol. The summed E-state index contributed by atoms with van der Waals surface area (Å²) in [7, 11) is -2.04. The number of hydrogen-bond donors (Lipinski definition) is 1. The molecule has 146 valence electrons. The summed E-state index contributed by atoms with van der Waals surface area (Å²) >= 11 is 0. The van der Waals surface area contributed by atoms with Crippen LogP contribution in [0.3, 0.4) is 0 Å². The van der Waals surface area contributed by atoms with Crippen molar-refractivity contribution in [2.45, 2.75) is 11.4 Å². The van der Waals surface area contributed by atoms with Crippen LogP contribution in [0.15, 0.2) is 41.8 Å². The number of ether oxygens (including phenoxy) is 2. The van der Waals surface area contributed by atoms with E-state index in [0.29, 0.717) is 37.6 Å². The molecule has 1 aromatic heterocycles. The minimum Gasteiger partial charge on any atom is -0.497 e. The lowest BCUT2D eigenvalue weighted by atomic mass is 10.3. The van der Waals surface area contributed by atoms with Crippen LogP contribution in [0.1, 0.15) is 6.42 Å². The largest absolute Gasteiger partial charge is 0.497 e. The average molecular weight is 394 g/mol. The molecular weight excluding hydrogens is 372 g/mol. The van der Waals surface area contributed by atoms with E-state index in [2.05, 4.69) is 9.97 Å². The first-order valence-electron chi connectivity index (χ1n) is 8.54. The molecule has 1 aromatic carbocycles. The minimum atomic E-state index is -3.62. The zero-order valence-electron chi connectivity index (χ0n) is 15.0. The van der Waals surface area contributed by atoms with E-state index < -0.39 is 10.0 Å². The highest BCUT2D eigenvalue weighted by molar-refractivity contribution is 7.89. The molecule has 0 bridgehead atoms. The van der Waals surface area contributed by atoms with Crippen molar-refractivity contribution in [3.05, 3.63) is 36.8 Å². The van der Waals surface area contributed by atoms with E-state index in [1.54, 1.807) is 36.3 Å². The number of aromatic amines is 1. The van der Waals surface area contributed by atoms with Gasteiger partial charge in [0.2, 0.25) is 0 Å². The number of carbonyl (C=O) groups is 1. The molecule has 1 aliphatic rings. The summed E-state index contributed by atoms with van der Waals surface area (Å²) in [6, 6.07) is 6.97. The second-order valence-electron chi connectivity index (χ2n) is 6.02. The Morgan fingerprint density at radius 1 is 1.15 bits per heavy atom. The third-order valence-corrected chi connectivity index (χ3v) is 6.14. The maximum atomic E-state index is 12.6. The van der Waals surface area contributed by atoms with E-state index in [-0.39, 0.29) is 24.1 Å². The summed E-state index contributed by atoms with van der Waals surface area (Å²) in [6.07, 6.45) is 3.17. The lowest BCUT2D eigenvalue weighted by Gasteiger charge is -2.21. The number of hydrogen-bond acceptors (Lipinski definition) is 6. The van der Waals surface area contributed by atoms with Crippen molar-refractivity contribution in [2.75, 3.05) is 39.9 Å². The molecule has 0 radical (unpaired) electrons. The van der Waals surface area contributed by atoms with Gasteiger partial charge in [-0.05, 0) is 30.7 Å². The van der Waals surface area contributed by atoms with Gasteiger partial charge in [0.15, 0.2) is 11.6 Å². The zero-order valence-corrected chi connectivity index (χ0v) is 15.8. The van der Waals surface area contributed by atoms with Crippen molar-refractivity contribution < 1.29 is 22.7 Å². The first-order chi connectivity index (χ1) is 13.0. The summed E-state index contributed by atoms with van der Waals surface area (Å²) < 4.78 is 37.1. The maximum absolute atomic E-state index is 12.6. The highest BCUT2D eigenvalue weighted by atomic mass is 32.2. The molecule has 27 heavy (non-hydrogen) atoms. The van der Waals surface area contributed by atoms with Gasteiger partial charge in [0.1, 0.15) is 11.5 Å². The molecule has 1 aliphatic heterocycles. The van der Waals surface area contributed by atoms with Crippen molar-refractivity contribution in [2.24, 2.45) is 0 Å². The summed E-state index contributed by atoms with van der Waals surface area (Å²) in [6.45, 7) is 1.29. The molecule has 0 spiro atoms. The van der Waals surface area contributed by atoms with Crippen molar-refractivity contribution in [3.8, 4) is 11.5 Å². The first kappa shape index (κ1) is 19.2. The number of imidazole rings is 1. The van der Waals surface area contributed by atoms with Gasteiger partial charge in [-0.1, -0.05) is 0 Å². The number of nitrogens with zero attached hydrogens (tertiary/aromatic N) is 3. The molecule has 10 heteroatoms. The van der Waals surface area contributed by atoms with Crippen molar-refractivity contribution in [1.29, 1.82) is 0 Å². The van der Waals surface area contributed by atoms with Crippen LogP contribution in [0.2, 0.25) is 0 Å². The number of rotatable bonds is 6. The van der Waals surface area contributed by atoms with Crippen LogP contribution in [0.25, 0.3) is 0 Å². The molecule has 2 heterocycles. The first-order valence-corrected chi connectivity index (χ1v) is 9.98. The van der Waals surface area contributed by atoms with Gasteiger partial charge in [-0.3, -0.25) is 4.79 Å². The van der Waals surface area contributed by atoms with Crippen LogP contribution in [0, 0.1) is 0 Å². The van der Waals surface area contributed by atoms with Gasteiger partial charge in [-0.25, -0.2) is 13.4 Å². The predicted octanol–water partition coefficient (Wildman–Crippen LogP) is 0.720. The molecule has 1 amide bonds.